The number of anilines is 1. The Hall–Kier alpha value is -3.45. The molecule has 0 bridgehead atoms. The Morgan fingerprint density at radius 2 is 1.85 bits per heavy atom. The highest BCUT2D eigenvalue weighted by Crippen LogP contribution is 2.33. The van der Waals surface area contributed by atoms with Crippen molar-refractivity contribution in [2.24, 2.45) is 0 Å². The molecule has 2 aliphatic heterocycles. The van der Waals surface area contributed by atoms with Crippen LogP contribution in [-0.2, 0) is 14.6 Å². The smallest absolute Gasteiger partial charge is 0.278 e. The van der Waals surface area contributed by atoms with Crippen LogP contribution in [-0.4, -0.2) is 60.9 Å². The van der Waals surface area contributed by atoms with Crippen molar-refractivity contribution in [1.29, 1.82) is 0 Å². The Balaban J connectivity index is 1.68. The summed E-state index contributed by atoms with van der Waals surface area (Å²) < 4.78 is 72.6. The number of aromatic nitrogens is 3. The highest BCUT2D eigenvalue weighted by atomic mass is 32.2. The van der Waals surface area contributed by atoms with E-state index >= 15 is 0 Å². The Labute approximate surface area is 223 Å². The Kier molecular flexibility index (Phi) is 7.38. The first kappa shape index (κ1) is 27.1. The predicted molar refractivity (Wildman–Crippen MR) is 142 cm³/mol. The molecule has 0 aliphatic carbocycles. The molecule has 2 aliphatic rings. The fourth-order valence-corrected chi connectivity index (χ4v) is 6.08. The summed E-state index contributed by atoms with van der Waals surface area (Å²) in [5.74, 6) is -0.645. The number of halogens is 3. The lowest BCUT2D eigenvalue weighted by Crippen LogP contribution is -2.49. The number of ether oxygens (including phenoxy) is 1. The molecule has 4 heterocycles. The molecule has 1 fully saturated rings. The molecule has 1 N–H and O–H groups in total. The Morgan fingerprint density at radius 1 is 1.13 bits per heavy atom. The van der Waals surface area contributed by atoms with Crippen molar-refractivity contribution in [3.8, 4) is 0 Å². The minimum atomic E-state index is -3.24. The summed E-state index contributed by atoms with van der Waals surface area (Å²) in [7, 11) is -3.24. The average Bonchev–Trinajstić information content (AvgIpc) is 2.89. The normalized spacial score (nSPS) is 18.3. The van der Waals surface area contributed by atoms with Crippen LogP contribution in [0.15, 0.2) is 35.3 Å². The predicted octanol–water partition coefficient (Wildman–Crippen LogP) is 3.52. The summed E-state index contributed by atoms with van der Waals surface area (Å²) in [6, 6.07) is 3.09. The fourth-order valence-electron chi connectivity index (χ4n) is 4.93. The summed E-state index contributed by atoms with van der Waals surface area (Å²) in [6.07, 6.45) is 0.356. The zero-order valence-corrected chi connectivity index (χ0v) is 22.3. The molecule has 13 heteroatoms. The van der Waals surface area contributed by atoms with E-state index in [-0.39, 0.29) is 34.6 Å². The summed E-state index contributed by atoms with van der Waals surface area (Å²) in [5.41, 5.74) is 0.199. The molecule has 3 aromatic rings. The zero-order chi connectivity index (χ0) is 27.9. The van der Waals surface area contributed by atoms with E-state index in [2.05, 4.69) is 15.3 Å². The van der Waals surface area contributed by atoms with E-state index in [0.717, 1.165) is 6.07 Å². The Bertz CT molecular complexity index is 1620. The lowest BCUT2D eigenvalue weighted by Gasteiger charge is -2.31. The largest absolute Gasteiger partial charge is 0.378 e. The van der Waals surface area contributed by atoms with Gasteiger partial charge in [0.05, 0.1) is 65.9 Å². The molecular weight excluding hydrogens is 535 g/mol. The number of aryl methyl sites for hydroxylation is 1. The topological polar surface area (TPSA) is 106 Å². The number of rotatable bonds is 6. The minimum Gasteiger partial charge on any atom is -0.378 e. The molecular formula is C26H28F3N5O4S. The van der Waals surface area contributed by atoms with Crippen LogP contribution in [0, 0.1) is 12.7 Å². The van der Waals surface area contributed by atoms with Crippen LogP contribution in [0.4, 0.5) is 19.0 Å². The Morgan fingerprint density at radius 3 is 2.51 bits per heavy atom. The van der Waals surface area contributed by atoms with E-state index in [1.807, 2.05) is 5.01 Å². The molecule has 5 rings (SSSR count). The van der Waals surface area contributed by atoms with Crippen molar-refractivity contribution in [3.63, 3.8) is 0 Å². The first-order valence-electron chi connectivity index (χ1n) is 12.6. The van der Waals surface area contributed by atoms with Crippen molar-refractivity contribution in [2.45, 2.75) is 32.7 Å². The van der Waals surface area contributed by atoms with Crippen molar-refractivity contribution in [1.82, 2.24) is 14.6 Å². The van der Waals surface area contributed by atoms with Gasteiger partial charge in [0.2, 0.25) is 0 Å². The second-order valence-electron chi connectivity index (χ2n) is 9.61. The van der Waals surface area contributed by atoms with Gasteiger partial charge in [0.25, 0.3) is 12.0 Å². The third kappa shape index (κ3) is 5.37. The van der Waals surface area contributed by atoms with Crippen LogP contribution in [0.25, 0.3) is 16.5 Å². The van der Waals surface area contributed by atoms with E-state index in [1.54, 1.807) is 26.1 Å². The van der Waals surface area contributed by atoms with Gasteiger partial charge >= 0.3 is 0 Å². The van der Waals surface area contributed by atoms with Crippen LogP contribution in [0.2, 0.25) is 0 Å². The number of nitrogens with zero attached hydrogens (tertiary/aromatic N) is 4. The van der Waals surface area contributed by atoms with Crippen molar-refractivity contribution in [2.75, 3.05) is 48.1 Å². The zero-order valence-electron chi connectivity index (χ0n) is 21.5. The SMILES string of the molecule is Cc1nc(N[C@H](C)c2cccc(C(F)F)c2F)c2cn(N3CCOCC3)c(=O)c(C3=CCS(=O)(=O)CC3)c2n1. The minimum absolute atomic E-state index is 0.0409. The second-order valence-corrected chi connectivity index (χ2v) is 11.8. The van der Waals surface area contributed by atoms with Gasteiger partial charge in [-0.3, -0.25) is 4.79 Å². The lowest BCUT2D eigenvalue weighted by atomic mass is 10.0. The standard InChI is InChI=1S/C26H28F3N5O4S/c1-15(18-4-3-5-19(22(18)27)24(28)29)30-25-20-14-34(33-8-10-38-11-9-33)26(35)21(23(20)31-16(2)32-25)17-6-12-39(36,37)13-7-17/h3-6,14-15,24H,7-13H2,1-2H3,(H,30,31,32)/t15-/m1/s1. The van der Waals surface area contributed by atoms with Gasteiger partial charge in [-0.25, -0.2) is 36.2 Å². The molecule has 0 amide bonds. The number of sulfone groups is 1. The van der Waals surface area contributed by atoms with E-state index in [9.17, 15) is 26.4 Å². The number of hydrogen-bond donors (Lipinski definition) is 1. The molecule has 9 nitrogen and oxygen atoms in total. The number of allylic oxidation sites excluding steroid dienone is 1. The van der Waals surface area contributed by atoms with Crippen LogP contribution in [0.1, 0.15) is 48.3 Å². The summed E-state index contributed by atoms with van der Waals surface area (Å²) >= 11 is 0. The monoisotopic (exact) mass is 563 g/mol. The molecule has 2 aromatic heterocycles. The number of pyridine rings is 1. The van der Waals surface area contributed by atoms with E-state index < -0.39 is 33.7 Å². The van der Waals surface area contributed by atoms with Gasteiger partial charge < -0.3 is 15.1 Å². The summed E-state index contributed by atoms with van der Waals surface area (Å²) in [5, 5.41) is 5.41. The number of nitrogens with one attached hydrogen (secondary N) is 1. The van der Waals surface area contributed by atoms with Crippen molar-refractivity contribution in [3.05, 3.63) is 69.2 Å². The van der Waals surface area contributed by atoms with Gasteiger partial charge in [-0.2, -0.15) is 0 Å². The van der Waals surface area contributed by atoms with Crippen molar-refractivity contribution < 1.29 is 26.3 Å². The van der Waals surface area contributed by atoms with Crippen LogP contribution >= 0.6 is 0 Å². The highest BCUT2D eigenvalue weighted by Gasteiger charge is 2.27. The molecule has 208 valence electrons. The van der Waals surface area contributed by atoms with E-state index in [1.165, 1.54) is 16.8 Å². The lowest BCUT2D eigenvalue weighted by molar-refractivity contribution is 0.110. The number of hydrogen-bond acceptors (Lipinski definition) is 8. The quantitative estimate of drug-likeness (QED) is 0.486. The number of fused-ring (bicyclic) bond motifs is 1. The molecule has 0 radical (unpaired) electrons. The summed E-state index contributed by atoms with van der Waals surface area (Å²) in [4.78, 5) is 22.9. The van der Waals surface area contributed by atoms with Gasteiger partial charge in [-0.1, -0.05) is 24.3 Å². The first-order valence-corrected chi connectivity index (χ1v) is 14.4. The maximum absolute atomic E-state index is 14.9. The van der Waals surface area contributed by atoms with E-state index in [0.29, 0.717) is 54.4 Å². The number of morpholine rings is 1. The fraction of sp³-hybridized carbons (Fsp3) is 0.423. The van der Waals surface area contributed by atoms with E-state index in [4.69, 9.17) is 4.74 Å². The van der Waals surface area contributed by atoms with Gasteiger partial charge in [0.1, 0.15) is 17.5 Å². The molecule has 0 spiro atoms. The van der Waals surface area contributed by atoms with Crippen LogP contribution < -0.4 is 15.9 Å². The molecule has 1 atom stereocenters. The maximum Gasteiger partial charge on any atom is 0.278 e. The van der Waals surface area contributed by atoms with Gasteiger partial charge in [-0.05, 0) is 25.8 Å². The maximum atomic E-state index is 14.9. The third-order valence-corrected chi connectivity index (χ3v) is 8.46. The number of benzene rings is 1. The molecule has 0 saturated carbocycles. The molecule has 39 heavy (non-hydrogen) atoms. The average molecular weight is 564 g/mol. The van der Waals surface area contributed by atoms with Gasteiger partial charge in [-0.15, -0.1) is 0 Å². The molecule has 1 saturated heterocycles. The molecule has 0 unspecified atom stereocenters. The van der Waals surface area contributed by atoms with Gasteiger partial charge in [0.15, 0.2) is 9.84 Å². The van der Waals surface area contributed by atoms with Crippen molar-refractivity contribution >= 4 is 32.1 Å². The number of alkyl halides is 2. The first-order chi connectivity index (χ1) is 18.6. The third-order valence-electron chi connectivity index (χ3n) is 6.96. The second kappa shape index (κ2) is 10.6. The summed E-state index contributed by atoms with van der Waals surface area (Å²) in [6.45, 7) is 5.03. The van der Waals surface area contributed by atoms with Crippen LogP contribution in [0.5, 0.6) is 0 Å². The highest BCUT2D eigenvalue weighted by molar-refractivity contribution is 7.91. The van der Waals surface area contributed by atoms with Gasteiger partial charge in [0, 0.05) is 11.8 Å². The van der Waals surface area contributed by atoms with Crippen LogP contribution in [0.3, 0.4) is 0 Å². The molecule has 1 aromatic carbocycles.